The molecule has 0 aromatic heterocycles. The monoisotopic (exact) mass is 383 g/mol. The second-order valence-corrected chi connectivity index (χ2v) is 8.11. The number of rotatable bonds is 19. The van der Waals surface area contributed by atoms with E-state index >= 15 is 0 Å². The number of aliphatic hydroxyl groups is 1. The first-order valence-corrected chi connectivity index (χ1v) is 11.4. The maximum absolute atomic E-state index is 10.7. The fourth-order valence-electron chi connectivity index (χ4n) is 3.75. The molecule has 0 saturated carbocycles. The highest BCUT2D eigenvalue weighted by atomic mass is 16.4. The minimum absolute atomic E-state index is 0.142. The van der Waals surface area contributed by atoms with Gasteiger partial charge in [-0.3, -0.25) is 0 Å². The molecule has 0 spiro atoms. The number of quaternary nitrogens is 1. The molecule has 0 heterocycles. The molecule has 0 bridgehead atoms. The molecule has 0 amide bonds. The maximum atomic E-state index is 10.7. The van der Waals surface area contributed by atoms with E-state index in [1.54, 1.807) is 0 Å². The van der Waals surface area contributed by atoms with E-state index in [9.17, 15) is 15.0 Å². The van der Waals surface area contributed by atoms with Gasteiger partial charge < -0.3 is 19.5 Å². The van der Waals surface area contributed by atoms with Gasteiger partial charge in [0.25, 0.3) is 0 Å². The Bertz CT molecular complexity index is 383. The first kappa shape index (κ1) is 26.0. The van der Waals surface area contributed by atoms with Crippen LogP contribution in [0.15, 0.2) is 11.8 Å². The summed E-state index contributed by atoms with van der Waals surface area (Å²) in [4.78, 5) is 10.7. The van der Waals surface area contributed by atoms with Crippen molar-refractivity contribution < 1.29 is 19.5 Å². The molecule has 0 aliphatic carbocycles. The SMILES string of the molecule is CCCCC/C=C(\O)C[N+](CCCCC)(CCCCC)CCCCC(=O)[O-]. The Morgan fingerprint density at radius 1 is 0.815 bits per heavy atom. The van der Waals surface area contributed by atoms with Crippen LogP contribution in [-0.4, -0.2) is 41.7 Å². The normalized spacial score (nSPS) is 12.5. The molecule has 0 saturated heterocycles. The molecule has 0 unspecified atom stereocenters. The van der Waals surface area contributed by atoms with Crippen molar-refractivity contribution in [3.05, 3.63) is 11.8 Å². The summed E-state index contributed by atoms with van der Waals surface area (Å²) in [7, 11) is 0. The topological polar surface area (TPSA) is 60.4 Å². The lowest BCUT2D eigenvalue weighted by molar-refractivity contribution is -0.925. The van der Waals surface area contributed by atoms with Gasteiger partial charge in [0.1, 0.15) is 12.3 Å². The van der Waals surface area contributed by atoms with Crippen LogP contribution >= 0.6 is 0 Å². The fourth-order valence-corrected chi connectivity index (χ4v) is 3.75. The van der Waals surface area contributed by atoms with Crippen LogP contribution < -0.4 is 5.11 Å². The van der Waals surface area contributed by atoms with Gasteiger partial charge in [0, 0.05) is 5.97 Å². The van der Waals surface area contributed by atoms with Gasteiger partial charge in [0.2, 0.25) is 0 Å². The van der Waals surface area contributed by atoms with E-state index < -0.39 is 5.97 Å². The predicted octanol–water partition coefficient (Wildman–Crippen LogP) is 5.13. The Morgan fingerprint density at radius 3 is 1.78 bits per heavy atom. The van der Waals surface area contributed by atoms with Crippen molar-refractivity contribution in [3.63, 3.8) is 0 Å². The van der Waals surface area contributed by atoms with Crippen molar-refractivity contribution in [2.45, 2.75) is 104 Å². The van der Waals surface area contributed by atoms with Gasteiger partial charge in [-0.05, 0) is 63.9 Å². The van der Waals surface area contributed by atoms with Crippen molar-refractivity contribution in [3.8, 4) is 0 Å². The lowest BCUT2D eigenvalue weighted by Crippen LogP contribution is -2.51. The van der Waals surface area contributed by atoms with Crippen LogP contribution in [-0.2, 0) is 4.79 Å². The summed E-state index contributed by atoms with van der Waals surface area (Å²) < 4.78 is 0.906. The van der Waals surface area contributed by atoms with E-state index in [0.29, 0.717) is 18.7 Å². The summed E-state index contributed by atoms with van der Waals surface area (Å²) in [6.45, 7) is 10.4. The first-order valence-electron chi connectivity index (χ1n) is 11.4. The second kappa shape index (κ2) is 17.1. The molecule has 27 heavy (non-hydrogen) atoms. The smallest absolute Gasteiger partial charge is 0.143 e. The molecule has 4 heteroatoms. The van der Waals surface area contributed by atoms with Gasteiger partial charge in [-0.15, -0.1) is 0 Å². The Balaban J connectivity index is 4.99. The van der Waals surface area contributed by atoms with Crippen molar-refractivity contribution in [2.24, 2.45) is 0 Å². The van der Waals surface area contributed by atoms with Crippen molar-refractivity contribution in [1.29, 1.82) is 0 Å². The zero-order valence-corrected chi connectivity index (χ0v) is 18.3. The van der Waals surface area contributed by atoms with Gasteiger partial charge >= 0.3 is 0 Å². The maximum Gasteiger partial charge on any atom is 0.143 e. The van der Waals surface area contributed by atoms with Crippen LogP contribution in [0, 0.1) is 0 Å². The van der Waals surface area contributed by atoms with Crippen LogP contribution in [0.25, 0.3) is 0 Å². The minimum Gasteiger partial charge on any atom is -0.550 e. The fraction of sp³-hybridized carbons (Fsp3) is 0.870. The highest BCUT2D eigenvalue weighted by Gasteiger charge is 2.27. The lowest BCUT2D eigenvalue weighted by atomic mass is 10.1. The summed E-state index contributed by atoms with van der Waals surface area (Å²) in [6.07, 6.45) is 15.4. The Hall–Kier alpha value is -1.03. The Kier molecular flexibility index (Phi) is 16.4. The number of nitrogens with zero attached hydrogens (tertiary/aromatic N) is 1. The van der Waals surface area contributed by atoms with Crippen molar-refractivity contribution >= 4 is 5.97 Å². The number of carboxylic acid groups (broad SMARTS) is 1. The highest BCUT2D eigenvalue weighted by molar-refractivity contribution is 5.64. The van der Waals surface area contributed by atoms with E-state index in [2.05, 4.69) is 20.8 Å². The average Bonchev–Trinajstić information content (AvgIpc) is 2.63. The molecule has 0 atom stereocenters. The van der Waals surface area contributed by atoms with Crippen LogP contribution in [0.2, 0.25) is 0 Å². The molecular weight excluding hydrogens is 338 g/mol. The third-order valence-corrected chi connectivity index (χ3v) is 5.42. The van der Waals surface area contributed by atoms with Gasteiger partial charge in [-0.25, -0.2) is 0 Å². The number of hydrogen-bond donors (Lipinski definition) is 1. The largest absolute Gasteiger partial charge is 0.550 e. The molecule has 0 aliphatic rings. The molecule has 0 rings (SSSR count). The summed E-state index contributed by atoms with van der Waals surface area (Å²) >= 11 is 0. The zero-order valence-electron chi connectivity index (χ0n) is 18.3. The summed E-state index contributed by atoms with van der Waals surface area (Å²) in [5.41, 5.74) is 0. The van der Waals surface area contributed by atoms with Crippen LogP contribution in [0.1, 0.15) is 104 Å². The highest BCUT2D eigenvalue weighted by Crippen LogP contribution is 2.19. The van der Waals surface area contributed by atoms with Crippen molar-refractivity contribution in [1.82, 2.24) is 0 Å². The quantitative estimate of drug-likeness (QED) is 0.191. The van der Waals surface area contributed by atoms with E-state index in [0.717, 1.165) is 43.4 Å². The number of allylic oxidation sites excluding steroid dienone is 1. The number of carbonyl (C=O) groups excluding carboxylic acids is 1. The van der Waals surface area contributed by atoms with Gasteiger partial charge in [-0.2, -0.15) is 0 Å². The Labute approximate surface area is 168 Å². The lowest BCUT2D eigenvalue weighted by Gasteiger charge is -2.39. The van der Waals surface area contributed by atoms with E-state index in [1.165, 1.54) is 51.4 Å². The van der Waals surface area contributed by atoms with Crippen molar-refractivity contribution in [2.75, 3.05) is 26.2 Å². The minimum atomic E-state index is -0.955. The number of carbonyl (C=O) groups is 1. The molecule has 0 aromatic rings. The van der Waals surface area contributed by atoms with Gasteiger partial charge in [0.15, 0.2) is 0 Å². The summed E-state index contributed by atoms with van der Waals surface area (Å²) in [5.74, 6) is -0.428. The number of unbranched alkanes of at least 4 members (excludes halogenated alkanes) is 8. The van der Waals surface area contributed by atoms with Gasteiger partial charge in [0.05, 0.1) is 19.6 Å². The Morgan fingerprint density at radius 2 is 1.30 bits per heavy atom. The second-order valence-electron chi connectivity index (χ2n) is 8.11. The van der Waals surface area contributed by atoms with E-state index in [1.807, 2.05) is 6.08 Å². The van der Waals surface area contributed by atoms with Gasteiger partial charge in [-0.1, -0.05) is 46.5 Å². The first-order chi connectivity index (χ1) is 13.0. The van der Waals surface area contributed by atoms with E-state index in [4.69, 9.17) is 0 Å². The van der Waals surface area contributed by atoms with Crippen LogP contribution in [0.3, 0.4) is 0 Å². The number of carboxylic acids is 1. The standard InChI is InChI=1S/C23H45NO3/c1-4-7-10-11-16-22(25)21-24(18-13-8-5-2,19-14-9-6-3)20-15-12-17-23(26)27/h16H,4-15,17-21H2,1-3H3,(H-,25,26,27)/b22-16-. The molecular formula is C23H45NO3. The van der Waals surface area contributed by atoms with Crippen LogP contribution in [0.4, 0.5) is 0 Å². The van der Waals surface area contributed by atoms with Crippen LogP contribution in [0.5, 0.6) is 0 Å². The molecule has 0 fully saturated rings. The molecule has 0 radical (unpaired) electrons. The molecule has 0 aliphatic heterocycles. The number of hydrogen-bond acceptors (Lipinski definition) is 3. The predicted molar refractivity (Wildman–Crippen MR) is 112 cm³/mol. The van der Waals surface area contributed by atoms with E-state index in [-0.39, 0.29) is 6.42 Å². The number of aliphatic hydroxyl groups excluding tert-OH is 1. The zero-order chi connectivity index (χ0) is 20.4. The molecule has 1 N–H and O–H groups in total. The summed E-state index contributed by atoms with van der Waals surface area (Å²) in [5, 5.41) is 21.3. The number of aliphatic carboxylic acids is 1. The average molecular weight is 384 g/mol. The third kappa shape index (κ3) is 14.7. The molecule has 160 valence electrons. The summed E-state index contributed by atoms with van der Waals surface area (Å²) in [6, 6.07) is 0. The molecule has 0 aromatic carbocycles. The molecule has 4 nitrogen and oxygen atoms in total. The third-order valence-electron chi connectivity index (χ3n) is 5.42.